The highest BCUT2D eigenvalue weighted by atomic mass is 16.6. The highest BCUT2D eigenvalue weighted by Gasteiger charge is 2.42. The molecule has 2 N–H and O–H groups in total. The first kappa shape index (κ1) is 21.9. The summed E-state index contributed by atoms with van der Waals surface area (Å²) < 4.78 is 15.9. The Morgan fingerprint density at radius 2 is 1.52 bits per heavy atom. The van der Waals surface area contributed by atoms with Crippen LogP contribution in [0.15, 0.2) is 0 Å². The first-order chi connectivity index (χ1) is 11.9. The Morgan fingerprint density at radius 3 is 2.04 bits per heavy atom. The van der Waals surface area contributed by atoms with Gasteiger partial charge in [-0.05, 0) is 25.7 Å². The van der Waals surface area contributed by atoms with Gasteiger partial charge in [0.2, 0.25) is 0 Å². The Bertz CT molecular complexity index is 418. The molecule has 1 heterocycles. The van der Waals surface area contributed by atoms with Crippen LogP contribution in [0.1, 0.15) is 53.4 Å². The number of rotatable bonds is 9. The Hall–Kier alpha value is -1.18. The van der Waals surface area contributed by atoms with Gasteiger partial charge in [-0.2, -0.15) is 0 Å². The predicted octanol–water partition coefficient (Wildman–Crippen LogP) is 1.43. The number of aliphatic hydroxyl groups is 2. The molecule has 7 heteroatoms. The summed E-state index contributed by atoms with van der Waals surface area (Å²) in [5, 5.41) is 20.4. The zero-order chi connectivity index (χ0) is 19.0. The van der Waals surface area contributed by atoms with Gasteiger partial charge in [-0.25, -0.2) is 0 Å². The van der Waals surface area contributed by atoms with E-state index in [2.05, 4.69) is 0 Å². The number of ether oxygens (including phenoxy) is 3. The summed E-state index contributed by atoms with van der Waals surface area (Å²) in [5.74, 6) is -1.23. The third-order valence-electron chi connectivity index (χ3n) is 4.86. The van der Waals surface area contributed by atoms with Crippen LogP contribution in [0.25, 0.3) is 0 Å². The van der Waals surface area contributed by atoms with E-state index in [4.69, 9.17) is 14.2 Å². The Labute approximate surface area is 149 Å². The smallest absolute Gasteiger partial charge is 0.309 e. The van der Waals surface area contributed by atoms with Crippen molar-refractivity contribution in [1.29, 1.82) is 0 Å². The van der Waals surface area contributed by atoms with Crippen molar-refractivity contribution in [2.45, 2.75) is 77.8 Å². The van der Waals surface area contributed by atoms with Crippen LogP contribution in [0.4, 0.5) is 0 Å². The molecule has 25 heavy (non-hydrogen) atoms. The standard InChI is InChI=1S/C18H32O7/c1-5-11(6-2)17(21)24-10-14-15(20)16(13(19)9-23-14)25-18(22)12(7-3)8-4/h11-16,19-20H,5-10H2,1-4H3. The van der Waals surface area contributed by atoms with E-state index in [0.29, 0.717) is 25.7 Å². The molecule has 0 radical (unpaired) electrons. The van der Waals surface area contributed by atoms with Crippen LogP contribution in [-0.4, -0.2) is 59.8 Å². The molecule has 0 bridgehead atoms. The van der Waals surface area contributed by atoms with Gasteiger partial charge in [0.05, 0.1) is 18.4 Å². The number of esters is 2. The summed E-state index contributed by atoms with van der Waals surface area (Å²) in [6.07, 6.45) is -1.67. The fourth-order valence-corrected chi connectivity index (χ4v) is 2.91. The molecule has 1 rings (SSSR count). The van der Waals surface area contributed by atoms with Crippen molar-refractivity contribution in [3.63, 3.8) is 0 Å². The van der Waals surface area contributed by atoms with Gasteiger partial charge in [0.15, 0.2) is 6.10 Å². The SMILES string of the molecule is CCC(CC)C(=O)OCC1OCC(O)C(OC(=O)C(CC)CC)C1O. The van der Waals surface area contributed by atoms with E-state index in [9.17, 15) is 19.8 Å². The van der Waals surface area contributed by atoms with E-state index in [-0.39, 0.29) is 31.0 Å². The molecule has 0 aliphatic carbocycles. The van der Waals surface area contributed by atoms with Crippen molar-refractivity contribution in [2.75, 3.05) is 13.2 Å². The molecule has 0 spiro atoms. The van der Waals surface area contributed by atoms with Crippen molar-refractivity contribution in [1.82, 2.24) is 0 Å². The van der Waals surface area contributed by atoms with Crippen molar-refractivity contribution >= 4 is 11.9 Å². The second-order valence-corrected chi connectivity index (χ2v) is 6.49. The van der Waals surface area contributed by atoms with Gasteiger partial charge in [0.1, 0.15) is 24.9 Å². The van der Waals surface area contributed by atoms with Crippen LogP contribution in [0.2, 0.25) is 0 Å². The van der Waals surface area contributed by atoms with Crippen molar-refractivity contribution in [3.8, 4) is 0 Å². The molecule has 0 saturated carbocycles. The van der Waals surface area contributed by atoms with Crippen LogP contribution in [0.5, 0.6) is 0 Å². The number of aliphatic hydroxyl groups excluding tert-OH is 2. The average molecular weight is 360 g/mol. The zero-order valence-electron chi connectivity index (χ0n) is 15.6. The second-order valence-electron chi connectivity index (χ2n) is 6.49. The molecule has 146 valence electrons. The molecule has 0 aromatic rings. The van der Waals surface area contributed by atoms with E-state index in [1.54, 1.807) is 0 Å². The Kier molecular flexibility index (Phi) is 9.38. The molecule has 1 fully saturated rings. The van der Waals surface area contributed by atoms with E-state index >= 15 is 0 Å². The molecule has 0 amide bonds. The van der Waals surface area contributed by atoms with Crippen LogP contribution in [0, 0.1) is 11.8 Å². The lowest BCUT2D eigenvalue weighted by Gasteiger charge is -2.37. The summed E-state index contributed by atoms with van der Waals surface area (Å²) in [6, 6.07) is 0. The van der Waals surface area contributed by atoms with Crippen molar-refractivity contribution in [3.05, 3.63) is 0 Å². The lowest BCUT2D eigenvalue weighted by Crippen LogP contribution is -2.56. The first-order valence-electron chi connectivity index (χ1n) is 9.24. The molecule has 1 saturated heterocycles. The summed E-state index contributed by atoms with van der Waals surface area (Å²) in [6.45, 7) is 7.35. The monoisotopic (exact) mass is 360 g/mol. The quantitative estimate of drug-likeness (QED) is 0.600. The normalized spacial score (nSPS) is 26.7. The largest absolute Gasteiger partial charge is 0.463 e. The van der Waals surface area contributed by atoms with E-state index in [1.807, 2.05) is 27.7 Å². The number of carbonyl (C=O) groups excluding carboxylic acids is 2. The fraction of sp³-hybridized carbons (Fsp3) is 0.889. The molecule has 1 aliphatic rings. The second kappa shape index (κ2) is 10.7. The summed E-state index contributed by atoms with van der Waals surface area (Å²) in [7, 11) is 0. The lowest BCUT2D eigenvalue weighted by atomic mass is 9.99. The summed E-state index contributed by atoms with van der Waals surface area (Å²) in [5.41, 5.74) is 0. The summed E-state index contributed by atoms with van der Waals surface area (Å²) in [4.78, 5) is 24.1. The van der Waals surface area contributed by atoms with Crippen LogP contribution in [0.3, 0.4) is 0 Å². The minimum absolute atomic E-state index is 0.0921. The van der Waals surface area contributed by atoms with Gasteiger partial charge >= 0.3 is 11.9 Å². The number of hydrogen-bond acceptors (Lipinski definition) is 7. The minimum atomic E-state index is -1.25. The number of carbonyl (C=O) groups is 2. The predicted molar refractivity (Wildman–Crippen MR) is 90.7 cm³/mol. The van der Waals surface area contributed by atoms with Crippen LogP contribution >= 0.6 is 0 Å². The van der Waals surface area contributed by atoms with Gasteiger partial charge in [0.25, 0.3) is 0 Å². The van der Waals surface area contributed by atoms with E-state index in [1.165, 1.54) is 0 Å². The van der Waals surface area contributed by atoms with Gasteiger partial charge in [0, 0.05) is 0 Å². The lowest BCUT2D eigenvalue weighted by molar-refractivity contribution is -0.218. The maximum absolute atomic E-state index is 12.1. The highest BCUT2D eigenvalue weighted by Crippen LogP contribution is 2.22. The maximum Gasteiger partial charge on any atom is 0.309 e. The minimum Gasteiger partial charge on any atom is -0.463 e. The highest BCUT2D eigenvalue weighted by molar-refractivity contribution is 5.73. The average Bonchev–Trinajstić information content (AvgIpc) is 2.60. The molecule has 0 aromatic carbocycles. The maximum atomic E-state index is 12.1. The molecule has 1 aliphatic heterocycles. The zero-order valence-corrected chi connectivity index (χ0v) is 15.6. The Morgan fingerprint density at radius 1 is 1.00 bits per heavy atom. The first-order valence-corrected chi connectivity index (χ1v) is 9.24. The molecule has 7 nitrogen and oxygen atoms in total. The van der Waals surface area contributed by atoms with E-state index < -0.39 is 30.4 Å². The van der Waals surface area contributed by atoms with Crippen LogP contribution < -0.4 is 0 Å². The molecule has 4 atom stereocenters. The molecule has 4 unspecified atom stereocenters. The van der Waals surface area contributed by atoms with Gasteiger partial charge in [-0.15, -0.1) is 0 Å². The Balaban J connectivity index is 2.64. The fourth-order valence-electron chi connectivity index (χ4n) is 2.91. The van der Waals surface area contributed by atoms with Crippen molar-refractivity contribution in [2.24, 2.45) is 11.8 Å². The van der Waals surface area contributed by atoms with Gasteiger partial charge < -0.3 is 24.4 Å². The van der Waals surface area contributed by atoms with E-state index in [0.717, 1.165) is 0 Å². The third kappa shape index (κ3) is 5.94. The molecular weight excluding hydrogens is 328 g/mol. The van der Waals surface area contributed by atoms with Crippen LogP contribution in [-0.2, 0) is 23.8 Å². The summed E-state index contributed by atoms with van der Waals surface area (Å²) >= 11 is 0. The topological polar surface area (TPSA) is 102 Å². The van der Waals surface area contributed by atoms with Crippen molar-refractivity contribution < 1.29 is 34.0 Å². The number of hydrogen-bond donors (Lipinski definition) is 2. The molecule has 0 aromatic heterocycles. The third-order valence-corrected chi connectivity index (χ3v) is 4.86. The van der Waals surface area contributed by atoms with Gasteiger partial charge in [-0.1, -0.05) is 27.7 Å². The molecular formula is C18H32O7. The van der Waals surface area contributed by atoms with Gasteiger partial charge in [-0.3, -0.25) is 9.59 Å².